The molecule has 0 radical (unpaired) electrons. The van der Waals surface area contributed by atoms with Crippen molar-refractivity contribution in [2.75, 3.05) is 18.0 Å². The first kappa shape index (κ1) is 13.2. The highest BCUT2D eigenvalue weighted by molar-refractivity contribution is 7.20. The van der Waals surface area contributed by atoms with Gasteiger partial charge < -0.3 is 4.90 Å². The summed E-state index contributed by atoms with van der Waals surface area (Å²) in [5.41, 5.74) is -0.106. The van der Waals surface area contributed by atoms with Crippen molar-refractivity contribution in [3.63, 3.8) is 0 Å². The third-order valence-electron chi connectivity index (χ3n) is 4.63. The maximum atomic E-state index is 12.1. The standard InChI is InChI=1S/C13H12BClN4OS/c15-9-6-19-11(20)5-10(17-12(19)21-9)18-4-3-14(8-16)13(7-18)1-2-13/h5-6H,1-4,7H2. The number of hydrogen-bond donors (Lipinski definition) is 0. The molecule has 21 heavy (non-hydrogen) atoms. The van der Waals surface area contributed by atoms with Gasteiger partial charge in [0, 0.05) is 31.3 Å². The number of rotatable bonds is 1. The fourth-order valence-electron chi connectivity index (χ4n) is 3.25. The van der Waals surface area contributed by atoms with E-state index in [-0.39, 0.29) is 17.6 Å². The molecule has 2 aromatic heterocycles. The lowest BCUT2D eigenvalue weighted by atomic mass is 9.36. The van der Waals surface area contributed by atoms with E-state index in [1.54, 1.807) is 12.3 Å². The predicted molar refractivity (Wildman–Crippen MR) is 84.7 cm³/mol. The largest absolute Gasteiger partial charge is 0.357 e. The highest BCUT2D eigenvalue weighted by Crippen LogP contribution is 2.59. The minimum absolute atomic E-state index is 0.106. The second-order valence-electron chi connectivity index (χ2n) is 5.89. The summed E-state index contributed by atoms with van der Waals surface area (Å²) >= 11 is 7.26. The third kappa shape index (κ3) is 2.05. The van der Waals surface area contributed by atoms with Crippen LogP contribution in [0.3, 0.4) is 0 Å². The molecule has 1 saturated heterocycles. The summed E-state index contributed by atoms with van der Waals surface area (Å²) in [6, 6.07) is 1.57. The van der Waals surface area contributed by atoms with Crippen LogP contribution < -0.4 is 10.5 Å². The molecule has 8 heteroatoms. The molecule has 0 amide bonds. The molecule has 2 fully saturated rings. The summed E-state index contributed by atoms with van der Waals surface area (Å²) in [5.74, 6) is 3.15. The van der Waals surface area contributed by atoms with E-state index in [2.05, 4.69) is 15.9 Å². The Morgan fingerprint density at radius 2 is 2.33 bits per heavy atom. The smallest absolute Gasteiger partial charge is 0.277 e. The van der Waals surface area contributed by atoms with E-state index < -0.39 is 0 Å². The second kappa shape index (κ2) is 4.49. The van der Waals surface area contributed by atoms with Crippen LogP contribution in [0.4, 0.5) is 5.82 Å². The van der Waals surface area contributed by atoms with Crippen molar-refractivity contribution >= 4 is 40.4 Å². The van der Waals surface area contributed by atoms with Crippen molar-refractivity contribution in [2.45, 2.75) is 24.5 Å². The predicted octanol–water partition coefficient (Wildman–Crippen LogP) is 2.32. The highest BCUT2D eigenvalue weighted by Gasteiger charge is 2.55. The molecule has 1 aliphatic carbocycles. The van der Waals surface area contributed by atoms with Crippen LogP contribution in [0.5, 0.6) is 0 Å². The lowest BCUT2D eigenvalue weighted by Crippen LogP contribution is -2.43. The van der Waals surface area contributed by atoms with E-state index in [9.17, 15) is 10.1 Å². The van der Waals surface area contributed by atoms with Crippen LogP contribution in [0.15, 0.2) is 17.1 Å². The quantitative estimate of drug-likeness (QED) is 0.757. The topological polar surface area (TPSA) is 61.4 Å². The van der Waals surface area contributed by atoms with Crippen LogP contribution in [-0.2, 0) is 0 Å². The number of halogens is 1. The Morgan fingerprint density at radius 3 is 3.05 bits per heavy atom. The summed E-state index contributed by atoms with van der Waals surface area (Å²) in [4.78, 5) is 19.5. The molecule has 4 rings (SSSR count). The van der Waals surface area contributed by atoms with Crippen LogP contribution >= 0.6 is 22.9 Å². The fraction of sp³-hybridized carbons (Fsp3) is 0.462. The van der Waals surface area contributed by atoms with E-state index in [4.69, 9.17) is 11.6 Å². The number of hydrogen-bond acceptors (Lipinski definition) is 5. The number of fused-ring (bicyclic) bond motifs is 1. The van der Waals surface area contributed by atoms with Crippen LogP contribution in [-0.4, -0.2) is 29.2 Å². The van der Waals surface area contributed by atoms with Crippen molar-refractivity contribution in [1.29, 1.82) is 5.26 Å². The second-order valence-corrected chi connectivity index (χ2v) is 7.54. The Labute approximate surface area is 130 Å². The number of nitriles is 1. The molecule has 0 N–H and O–H groups in total. The number of thiazole rings is 1. The van der Waals surface area contributed by atoms with Gasteiger partial charge >= 0.3 is 0 Å². The van der Waals surface area contributed by atoms with Crippen LogP contribution in [0.25, 0.3) is 4.96 Å². The fourth-order valence-corrected chi connectivity index (χ4v) is 4.27. The lowest BCUT2D eigenvalue weighted by Gasteiger charge is -2.35. The maximum Gasteiger partial charge on any atom is 0.277 e. The molecule has 1 saturated carbocycles. The molecule has 0 atom stereocenters. The van der Waals surface area contributed by atoms with Gasteiger partial charge in [0.25, 0.3) is 12.3 Å². The van der Waals surface area contributed by atoms with Gasteiger partial charge in [0.2, 0.25) is 0 Å². The average Bonchev–Trinajstić information content (AvgIpc) is 3.10. The van der Waals surface area contributed by atoms with Crippen LogP contribution in [0.2, 0.25) is 16.0 Å². The van der Waals surface area contributed by atoms with E-state index in [1.165, 1.54) is 15.7 Å². The first-order valence-corrected chi connectivity index (χ1v) is 8.14. The Bertz CT molecular complexity index is 822. The van der Waals surface area contributed by atoms with Gasteiger partial charge in [-0.2, -0.15) is 0 Å². The van der Waals surface area contributed by atoms with E-state index >= 15 is 0 Å². The first-order valence-electron chi connectivity index (χ1n) is 6.95. The van der Waals surface area contributed by atoms with E-state index in [0.717, 1.165) is 32.3 Å². The van der Waals surface area contributed by atoms with Crippen molar-refractivity contribution in [2.24, 2.45) is 0 Å². The van der Waals surface area contributed by atoms with Gasteiger partial charge in [-0.25, -0.2) is 10.2 Å². The highest BCUT2D eigenvalue weighted by atomic mass is 35.5. The Kier molecular flexibility index (Phi) is 2.81. The molecule has 1 spiro atoms. The van der Waals surface area contributed by atoms with Gasteiger partial charge in [-0.3, -0.25) is 9.20 Å². The minimum atomic E-state index is -0.106. The molecular weight excluding hydrogens is 307 g/mol. The van der Waals surface area contributed by atoms with E-state index in [1.807, 2.05) is 0 Å². The molecule has 3 heterocycles. The van der Waals surface area contributed by atoms with Crippen molar-refractivity contribution in [3.05, 3.63) is 27.0 Å². The summed E-state index contributed by atoms with van der Waals surface area (Å²) in [6.45, 7) is 1.75. The summed E-state index contributed by atoms with van der Waals surface area (Å²) in [5, 5.41) is 9.39. The Hall–Kier alpha value is -1.52. The molecule has 2 aliphatic rings. The average molecular weight is 319 g/mol. The van der Waals surface area contributed by atoms with Crippen molar-refractivity contribution in [1.82, 2.24) is 9.38 Å². The number of nitrogens with zero attached hydrogens (tertiary/aromatic N) is 4. The SMILES string of the molecule is N#CB1CCN(c2cc(=O)n3cc(Cl)sc3n2)CC12CC2. The maximum absolute atomic E-state index is 12.1. The molecule has 0 aromatic carbocycles. The molecule has 2 aromatic rings. The molecule has 0 unspecified atom stereocenters. The summed E-state index contributed by atoms with van der Waals surface area (Å²) < 4.78 is 2.03. The third-order valence-corrected chi connectivity index (χ3v) is 5.73. The molecule has 1 aliphatic heterocycles. The zero-order valence-electron chi connectivity index (χ0n) is 11.3. The van der Waals surface area contributed by atoms with E-state index in [0.29, 0.717) is 15.1 Å². The molecule has 5 nitrogen and oxygen atoms in total. The monoisotopic (exact) mass is 318 g/mol. The normalized spacial score (nSPS) is 20.0. The van der Waals surface area contributed by atoms with Crippen molar-refractivity contribution in [3.8, 4) is 5.97 Å². The zero-order chi connectivity index (χ0) is 14.6. The number of anilines is 1. The van der Waals surface area contributed by atoms with Crippen molar-refractivity contribution < 1.29 is 0 Å². The Morgan fingerprint density at radius 1 is 1.52 bits per heavy atom. The van der Waals surface area contributed by atoms with Gasteiger partial charge in [0.15, 0.2) is 4.96 Å². The van der Waals surface area contributed by atoms with Crippen LogP contribution in [0, 0.1) is 11.2 Å². The van der Waals surface area contributed by atoms with Crippen LogP contribution in [0.1, 0.15) is 12.8 Å². The summed E-state index contributed by atoms with van der Waals surface area (Å²) in [6.07, 6.45) is 4.66. The molecule has 0 bridgehead atoms. The Balaban J connectivity index is 1.71. The summed E-state index contributed by atoms with van der Waals surface area (Å²) in [7, 11) is 0. The minimum Gasteiger partial charge on any atom is -0.357 e. The molecule has 106 valence electrons. The van der Waals surface area contributed by atoms with Gasteiger partial charge in [0.05, 0.1) is 0 Å². The number of aromatic nitrogens is 2. The van der Waals surface area contributed by atoms with Gasteiger partial charge in [-0.1, -0.05) is 35.8 Å². The lowest BCUT2D eigenvalue weighted by molar-refractivity contribution is 0.695. The zero-order valence-corrected chi connectivity index (χ0v) is 12.8. The molecular formula is C13H12BClN4OS. The van der Waals surface area contributed by atoms with Gasteiger partial charge in [0.1, 0.15) is 10.2 Å². The van der Waals surface area contributed by atoms with Gasteiger partial charge in [-0.05, 0) is 11.6 Å². The first-order chi connectivity index (χ1) is 10.1. The van der Waals surface area contributed by atoms with Gasteiger partial charge in [-0.15, -0.1) is 0 Å².